The van der Waals surface area contributed by atoms with Crippen LogP contribution in [-0.2, 0) is 0 Å². The average Bonchev–Trinajstić information content (AvgIpc) is 2.15. The average molecular weight is 302 g/mol. The monoisotopic (exact) mass is 301 g/mol. The number of phenolic OH excluding ortho intramolecular Hbond substituents is 2. The molecule has 2 atom stereocenters. The molecule has 5 heteroatoms. The molecule has 0 aliphatic rings. The largest absolute Gasteiger partial charge is 0.508 e. The van der Waals surface area contributed by atoms with Gasteiger partial charge in [-0.1, -0.05) is 22.9 Å². The lowest BCUT2D eigenvalue weighted by Gasteiger charge is -2.15. The predicted molar refractivity (Wildman–Crippen MR) is 69.7 cm³/mol. The quantitative estimate of drug-likeness (QED) is 0.748. The molecule has 3 N–H and O–H groups in total. The van der Waals surface area contributed by atoms with Crippen molar-refractivity contribution in [3.63, 3.8) is 0 Å². The van der Waals surface area contributed by atoms with E-state index in [-0.39, 0.29) is 29.0 Å². The molecule has 0 spiro atoms. The van der Waals surface area contributed by atoms with Crippen LogP contribution in [0.3, 0.4) is 0 Å². The Bertz CT molecular complexity index is 407. The smallest absolute Gasteiger partial charge is 0.255 e. The van der Waals surface area contributed by atoms with Gasteiger partial charge in [0.2, 0.25) is 0 Å². The zero-order valence-electron chi connectivity index (χ0n) is 9.77. The lowest BCUT2D eigenvalue weighted by atomic mass is 10.1. The molecule has 0 saturated carbocycles. The van der Waals surface area contributed by atoms with Crippen molar-refractivity contribution >= 4 is 21.8 Å². The maximum atomic E-state index is 11.8. The van der Waals surface area contributed by atoms with E-state index in [1.54, 1.807) is 0 Å². The molecular formula is C12H16BrNO3. The fraction of sp³-hybridized carbons (Fsp3) is 0.417. The Hall–Kier alpha value is -1.23. The highest BCUT2D eigenvalue weighted by atomic mass is 79.9. The van der Waals surface area contributed by atoms with E-state index in [1.807, 2.05) is 13.8 Å². The van der Waals surface area contributed by atoms with Crippen LogP contribution in [0.4, 0.5) is 0 Å². The molecule has 0 aliphatic carbocycles. The van der Waals surface area contributed by atoms with Gasteiger partial charge >= 0.3 is 0 Å². The number of rotatable bonds is 4. The molecule has 1 aromatic carbocycles. The van der Waals surface area contributed by atoms with Gasteiger partial charge in [0.15, 0.2) is 0 Å². The van der Waals surface area contributed by atoms with Crippen molar-refractivity contribution in [2.45, 2.75) is 31.1 Å². The van der Waals surface area contributed by atoms with Crippen molar-refractivity contribution in [3.8, 4) is 11.5 Å². The molecule has 94 valence electrons. The van der Waals surface area contributed by atoms with Crippen LogP contribution in [0, 0.1) is 0 Å². The highest BCUT2D eigenvalue weighted by Gasteiger charge is 2.14. The molecule has 0 saturated heterocycles. The summed E-state index contributed by atoms with van der Waals surface area (Å²) in [4.78, 5) is 12.1. The first kappa shape index (κ1) is 13.8. The van der Waals surface area contributed by atoms with Crippen LogP contribution in [0.25, 0.3) is 0 Å². The number of halogens is 1. The van der Waals surface area contributed by atoms with Crippen molar-refractivity contribution in [2.24, 2.45) is 0 Å². The van der Waals surface area contributed by atoms with Gasteiger partial charge in [-0.15, -0.1) is 0 Å². The molecule has 0 radical (unpaired) electrons. The Morgan fingerprint density at radius 2 is 2.06 bits per heavy atom. The molecule has 2 unspecified atom stereocenters. The first-order valence-electron chi connectivity index (χ1n) is 5.37. The molecule has 1 aromatic rings. The third kappa shape index (κ3) is 4.26. The number of carbonyl (C=O) groups excluding carboxylic acids is 1. The number of aromatic hydroxyl groups is 2. The second kappa shape index (κ2) is 5.91. The van der Waals surface area contributed by atoms with Crippen molar-refractivity contribution in [3.05, 3.63) is 23.8 Å². The predicted octanol–water partition coefficient (Wildman–Crippen LogP) is 2.39. The highest BCUT2D eigenvalue weighted by Crippen LogP contribution is 2.22. The van der Waals surface area contributed by atoms with Crippen LogP contribution >= 0.6 is 15.9 Å². The second-order valence-electron chi connectivity index (χ2n) is 4.09. The second-order valence-corrected chi connectivity index (χ2v) is 5.66. The van der Waals surface area contributed by atoms with Crippen LogP contribution in [0.1, 0.15) is 30.6 Å². The number of benzene rings is 1. The van der Waals surface area contributed by atoms with E-state index < -0.39 is 0 Å². The number of hydrogen-bond acceptors (Lipinski definition) is 3. The maximum absolute atomic E-state index is 11.8. The molecule has 0 aliphatic heterocycles. The van der Waals surface area contributed by atoms with Crippen molar-refractivity contribution in [1.82, 2.24) is 5.32 Å². The summed E-state index contributed by atoms with van der Waals surface area (Å²) in [5.41, 5.74) is 0.164. The summed E-state index contributed by atoms with van der Waals surface area (Å²) < 4.78 is 0. The van der Waals surface area contributed by atoms with E-state index in [0.29, 0.717) is 4.83 Å². The third-order valence-electron chi connectivity index (χ3n) is 2.28. The zero-order chi connectivity index (χ0) is 13.0. The molecule has 4 nitrogen and oxygen atoms in total. The Balaban J connectivity index is 2.70. The minimum Gasteiger partial charge on any atom is -0.508 e. The summed E-state index contributed by atoms with van der Waals surface area (Å²) in [5, 5.41) is 21.4. The molecule has 1 rings (SSSR count). The summed E-state index contributed by atoms with van der Waals surface area (Å²) >= 11 is 3.41. The lowest BCUT2D eigenvalue weighted by Crippen LogP contribution is -2.33. The van der Waals surface area contributed by atoms with E-state index in [2.05, 4.69) is 21.2 Å². The minimum atomic E-state index is -0.344. The number of nitrogens with one attached hydrogen (secondary N) is 1. The standard InChI is InChI=1S/C12H16BrNO3/c1-7(13)5-8(2)14-12(17)10-4-3-9(15)6-11(10)16/h3-4,6-8,15-16H,5H2,1-2H3,(H,14,17). The van der Waals surface area contributed by atoms with E-state index in [0.717, 1.165) is 12.5 Å². The molecule has 0 aromatic heterocycles. The Morgan fingerprint density at radius 1 is 1.41 bits per heavy atom. The Kier molecular flexibility index (Phi) is 4.81. The van der Waals surface area contributed by atoms with Gasteiger partial charge in [-0.2, -0.15) is 0 Å². The van der Waals surface area contributed by atoms with Crippen molar-refractivity contribution in [2.75, 3.05) is 0 Å². The van der Waals surface area contributed by atoms with Gasteiger partial charge in [-0.3, -0.25) is 4.79 Å². The van der Waals surface area contributed by atoms with Crippen LogP contribution in [-0.4, -0.2) is 27.0 Å². The first-order valence-corrected chi connectivity index (χ1v) is 6.28. The first-order chi connectivity index (χ1) is 7.90. The maximum Gasteiger partial charge on any atom is 0.255 e. The zero-order valence-corrected chi connectivity index (χ0v) is 11.4. The summed E-state index contributed by atoms with van der Waals surface area (Å²) in [5.74, 6) is -0.633. The SMILES string of the molecule is CC(Br)CC(C)NC(=O)c1ccc(O)cc1O. The van der Waals surface area contributed by atoms with Gasteiger partial charge in [-0.25, -0.2) is 0 Å². The number of amides is 1. The van der Waals surface area contributed by atoms with Gasteiger partial charge in [0.05, 0.1) is 5.56 Å². The van der Waals surface area contributed by atoms with Gasteiger partial charge < -0.3 is 15.5 Å². The van der Waals surface area contributed by atoms with Crippen LogP contribution in [0.2, 0.25) is 0 Å². The van der Waals surface area contributed by atoms with Gasteiger partial charge in [0.1, 0.15) is 11.5 Å². The summed E-state index contributed by atoms with van der Waals surface area (Å²) in [6.07, 6.45) is 0.796. The number of phenols is 2. The van der Waals surface area contributed by atoms with Gasteiger partial charge in [0, 0.05) is 16.9 Å². The van der Waals surface area contributed by atoms with E-state index in [4.69, 9.17) is 5.11 Å². The number of alkyl halides is 1. The van der Waals surface area contributed by atoms with E-state index in [1.165, 1.54) is 12.1 Å². The number of carbonyl (C=O) groups is 1. The molecule has 17 heavy (non-hydrogen) atoms. The Labute approximate surface area is 109 Å². The molecular weight excluding hydrogens is 286 g/mol. The summed E-state index contributed by atoms with van der Waals surface area (Å²) in [7, 11) is 0. The van der Waals surface area contributed by atoms with Crippen LogP contribution in [0.5, 0.6) is 11.5 Å². The topological polar surface area (TPSA) is 69.6 Å². The van der Waals surface area contributed by atoms with Gasteiger partial charge in [-0.05, 0) is 25.5 Å². The molecule has 1 amide bonds. The van der Waals surface area contributed by atoms with E-state index in [9.17, 15) is 9.90 Å². The highest BCUT2D eigenvalue weighted by molar-refractivity contribution is 9.09. The van der Waals surface area contributed by atoms with Crippen molar-refractivity contribution < 1.29 is 15.0 Å². The van der Waals surface area contributed by atoms with E-state index >= 15 is 0 Å². The molecule has 0 fully saturated rings. The van der Waals surface area contributed by atoms with Crippen LogP contribution in [0.15, 0.2) is 18.2 Å². The minimum absolute atomic E-state index is 0.00470. The van der Waals surface area contributed by atoms with Crippen molar-refractivity contribution in [1.29, 1.82) is 0 Å². The third-order valence-corrected chi connectivity index (χ3v) is 2.66. The summed E-state index contributed by atoms with van der Waals surface area (Å²) in [6.45, 7) is 3.90. The fourth-order valence-electron chi connectivity index (χ4n) is 1.56. The Morgan fingerprint density at radius 3 is 2.59 bits per heavy atom. The molecule has 0 bridgehead atoms. The van der Waals surface area contributed by atoms with Crippen LogP contribution < -0.4 is 5.32 Å². The number of hydrogen-bond donors (Lipinski definition) is 3. The normalized spacial score (nSPS) is 14.1. The van der Waals surface area contributed by atoms with Gasteiger partial charge in [0.25, 0.3) is 5.91 Å². The fourth-order valence-corrected chi connectivity index (χ4v) is 2.12. The summed E-state index contributed by atoms with van der Waals surface area (Å²) in [6, 6.07) is 3.91. The lowest BCUT2D eigenvalue weighted by molar-refractivity contribution is 0.0936. The molecule has 0 heterocycles.